The van der Waals surface area contributed by atoms with Crippen molar-refractivity contribution in [3.8, 4) is 0 Å². The molecule has 6 heteroatoms. The van der Waals surface area contributed by atoms with Gasteiger partial charge in [0.2, 0.25) is 5.49 Å². The minimum Gasteiger partial charge on any atom is -0.306 e. The van der Waals surface area contributed by atoms with Crippen LogP contribution in [-0.2, 0) is 0 Å². The van der Waals surface area contributed by atoms with Gasteiger partial charge in [-0.1, -0.05) is 24.3 Å². The van der Waals surface area contributed by atoms with Crippen molar-refractivity contribution in [1.29, 1.82) is 0 Å². The van der Waals surface area contributed by atoms with Gasteiger partial charge < -0.3 is 4.48 Å². The second-order valence-electron chi connectivity index (χ2n) is 6.48. The zero-order chi connectivity index (χ0) is 16.5. The van der Waals surface area contributed by atoms with Crippen molar-refractivity contribution < 1.29 is 4.48 Å². The summed E-state index contributed by atoms with van der Waals surface area (Å²) in [5.41, 5.74) is 3.98. The van der Waals surface area contributed by atoms with Crippen LogP contribution in [0.1, 0.15) is 0 Å². The van der Waals surface area contributed by atoms with E-state index in [1.165, 1.54) is 21.7 Å². The maximum atomic E-state index is 4.99. The summed E-state index contributed by atoms with van der Waals surface area (Å²) >= 11 is 0. The van der Waals surface area contributed by atoms with Gasteiger partial charge in [-0.25, -0.2) is 4.98 Å². The first-order valence-electron chi connectivity index (χ1n) is 8.37. The largest absolute Gasteiger partial charge is 0.505 e. The van der Waals surface area contributed by atoms with E-state index in [4.69, 9.17) is 4.99 Å². The second-order valence-corrected chi connectivity index (χ2v) is 6.48. The third-order valence-corrected chi connectivity index (χ3v) is 5.16. The molecule has 0 bridgehead atoms. The summed E-state index contributed by atoms with van der Waals surface area (Å²) in [5.74, 6) is 0.913. The minimum absolute atomic E-state index is 0.118. The topological polar surface area (TPSA) is 47.0 Å². The molecule has 0 spiro atoms. The maximum absolute atomic E-state index is 4.99. The number of pyridine rings is 1. The Labute approximate surface area is 143 Å². The fraction of sp³-hybridized carbons (Fsp3) is 0.0526. The molecule has 2 aromatic carbocycles. The van der Waals surface area contributed by atoms with Crippen molar-refractivity contribution in [2.45, 2.75) is 6.82 Å². The number of nitrogens with zero attached hydrogens (tertiary/aromatic N) is 5. The fourth-order valence-electron chi connectivity index (χ4n) is 4.03. The van der Waals surface area contributed by atoms with Gasteiger partial charge in [0, 0.05) is 23.3 Å². The highest BCUT2D eigenvalue weighted by Crippen LogP contribution is 2.27. The van der Waals surface area contributed by atoms with E-state index in [9.17, 15) is 0 Å². The second kappa shape index (κ2) is 4.42. The van der Waals surface area contributed by atoms with Crippen LogP contribution in [-0.4, -0.2) is 21.4 Å². The first kappa shape index (κ1) is 13.1. The average molecular weight is 322 g/mol. The molecule has 6 rings (SSSR count). The first-order chi connectivity index (χ1) is 12.3. The zero-order valence-electron chi connectivity index (χ0n) is 13.6. The van der Waals surface area contributed by atoms with Crippen LogP contribution in [0.25, 0.3) is 32.7 Å². The summed E-state index contributed by atoms with van der Waals surface area (Å²) in [6.07, 6.45) is 5.49. The number of fused-ring (bicyclic) bond motifs is 5. The summed E-state index contributed by atoms with van der Waals surface area (Å²) in [6.45, 7) is 2.32. The smallest absolute Gasteiger partial charge is 0.306 e. The van der Waals surface area contributed by atoms with Crippen molar-refractivity contribution in [2.75, 3.05) is 0 Å². The highest BCUT2D eigenvalue weighted by atomic mass is 15.2. The Balaban J connectivity index is 1.82. The van der Waals surface area contributed by atoms with Gasteiger partial charge in [-0.15, -0.1) is 0 Å². The van der Waals surface area contributed by atoms with Gasteiger partial charge in [-0.05, 0) is 29.3 Å². The van der Waals surface area contributed by atoms with Crippen LogP contribution < -0.4 is 9.97 Å². The van der Waals surface area contributed by atoms with Crippen LogP contribution in [0.5, 0.6) is 0 Å². The molecule has 0 N–H and O–H groups in total. The molecular formula is C19H13BN5+. The van der Waals surface area contributed by atoms with Crippen LogP contribution in [0.3, 0.4) is 0 Å². The van der Waals surface area contributed by atoms with Crippen LogP contribution in [0.15, 0.2) is 66.0 Å². The molecule has 5 nitrogen and oxygen atoms in total. The third-order valence-electron chi connectivity index (χ3n) is 5.16. The molecule has 0 radical (unpaired) electrons. The molecule has 4 heterocycles. The molecule has 116 valence electrons. The van der Waals surface area contributed by atoms with E-state index in [0.717, 1.165) is 22.3 Å². The van der Waals surface area contributed by atoms with Crippen molar-refractivity contribution in [1.82, 2.24) is 14.4 Å². The number of hydrogen-bond acceptors (Lipinski definition) is 3. The van der Waals surface area contributed by atoms with Gasteiger partial charge in [0.1, 0.15) is 17.2 Å². The normalized spacial score (nSPS) is 13.2. The molecule has 25 heavy (non-hydrogen) atoms. The lowest BCUT2D eigenvalue weighted by Gasteiger charge is -2.14. The monoisotopic (exact) mass is 322 g/mol. The summed E-state index contributed by atoms with van der Waals surface area (Å²) in [5, 5.41) is 3.73. The summed E-state index contributed by atoms with van der Waals surface area (Å²) < 4.78 is 4.48. The van der Waals surface area contributed by atoms with Crippen molar-refractivity contribution in [2.24, 2.45) is 4.99 Å². The highest BCUT2D eigenvalue weighted by Gasteiger charge is 2.34. The standard InChI is InChI=1S/C19H13BN5/c1-20-24-11-15-14(21-8-9-22-15)10-17(24)23-19-13-6-2-4-12-5-3-7-16(18(12)13)25(19)20/h2-11H,1H3/q+1. The fourth-order valence-corrected chi connectivity index (χ4v) is 4.03. The lowest BCUT2D eigenvalue weighted by molar-refractivity contribution is -0.525. The summed E-state index contributed by atoms with van der Waals surface area (Å²) in [4.78, 5) is 13.8. The molecule has 0 amide bonds. The minimum atomic E-state index is 0.118. The van der Waals surface area contributed by atoms with E-state index >= 15 is 0 Å². The van der Waals surface area contributed by atoms with Gasteiger partial charge in [0.05, 0.1) is 11.5 Å². The van der Waals surface area contributed by atoms with E-state index in [1.54, 1.807) is 12.4 Å². The molecule has 1 aliphatic heterocycles. The molecule has 0 atom stereocenters. The zero-order valence-corrected chi connectivity index (χ0v) is 13.6. The van der Waals surface area contributed by atoms with E-state index < -0.39 is 0 Å². The van der Waals surface area contributed by atoms with E-state index in [-0.39, 0.29) is 6.98 Å². The highest BCUT2D eigenvalue weighted by molar-refractivity contribution is 6.48. The lowest BCUT2D eigenvalue weighted by Crippen LogP contribution is -2.59. The van der Waals surface area contributed by atoms with Crippen molar-refractivity contribution in [3.63, 3.8) is 0 Å². The SMILES string of the molecule is CB1n2c(c3cccc4cccc2c43)=Nc2cc3nccnc3c[n+]21. The first-order valence-corrected chi connectivity index (χ1v) is 8.37. The average Bonchev–Trinajstić information content (AvgIpc) is 2.97. The van der Waals surface area contributed by atoms with Crippen molar-refractivity contribution >= 4 is 45.5 Å². The predicted octanol–water partition coefficient (Wildman–Crippen LogP) is 2.52. The van der Waals surface area contributed by atoms with E-state index in [0.29, 0.717) is 0 Å². The Morgan fingerprint density at radius 1 is 1.00 bits per heavy atom. The molecule has 0 aliphatic carbocycles. The van der Waals surface area contributed by atoms with E-state index in [2.05, 4.69) is 62.1 Å². The lowest BCUT2D eigenvalue weighted by atomic mass is 9.78. The molecule has 5 aromatic rings. The summed E-state index contributed by atoms with van der Waals surface area (Å²) in [7, 11) is 0. The van der Waals surface area contributed by atoms with Crippen molar-refractivity contribution in [3.05, 3.63) is 66.5 Å². The number of rotatable bonds is 0. The Bertz CT molecular complexity index is 1370. The number of aromatic nitrogens is 4. The van der Waals surface area contributed by atoms with Crippen LogP contribution >= 0.6 is 0 Å². The molecule has 0 saturated carbocycles. The van der Waals surface area contributed by atoms with E-state index in [1.807, 2.05) is 12.3 Å². The Hall–Kier alpha value is -3.28. The van der Waals surface area contributed by atoms with Crippen LogP contribution in [0.4, 0.5) is 5.82 Å². The molecule has 0 unspecified atom stereocenters. The number of benzene rings is 2. The van der Waals surface area contributed by atoms with Crippen LogP contribution in [0, 0.1) is 0 Å². The van der Waals surface area contributed by atoms with Gasteiger partial charge in [0.15, 0.2) is 0 Å². The predicted molar refractivity (Wildman–Crippen MR) is 98.0 cm³/mol. The third kappa shape index (κ3) is 1.58. The van der Waals surface area contributed by atoms with Crippen LogP contribution in [0.2, 0.25) is 6.82 Å². The molecule has 1 aliphatic rings. The van der Waals surface area contributed by atoms with Gasteiger partial charge >= 0.3 is 12.8 Å². The molecule has 0 fully saturated rings. The quantitative estimate of drug-likeness (QED) is 0.411. The summed E-state index contributed by atoms with van der Waals surface area (Å²) in [6, 6.07) is 14.9. The Morgan fingerprint density at radius 2 is 1.80 bits per heavy atom. The molecule has 0 saturated heterocycles. The number of hydrogen-bond donors (Lipinski definition) is 0. The molecular weight excluding hydrogens is 309 g/mol. The van der Waals surface area contributed by atoms with Gasteiger partial charge in [-0.3, -0.25) is 9.46 Å². The maximum Gasteiger partial charge on any atom is 0.505 e. The van der Waals surface area contributed by atoms with Gasteiger partial charge in [-0.2, -0.15) is 0 Å². The molecule has 3 aromatic heterocycles. The van der Waals surface area contributed by atoms with Gasteiger partial charge in [0.25, 0.3) is 0 Å². The Morgan fingerprint density at radius 3 is 2.68 bits per heavy atom. The Kier molecular flexibility index (Phi) is 2.31.